The maximum Gasteiger partial charge on any atom is 0.110 e. The van der Waals surface area contributed by atoms with Crippen LogP contribution < -0.4 is 10.6 Å². The molecule has 5 nitrogen and oxygen atoms in total. The van der Waals surface area contributed by atoms with Crippen LogP contribution in [0.4, 0.5) is 0 Å². The summed E-state index contributed by atoms with van der Waals surface area (Å²) in [6.07, 6.45) is 5.68. The number of thiocarbonyl (C=S) groups is 1. The van der Waals surface area contributed by atoms with Gasteiger partial charge in [-0.05, 0) is 90.8 Å². The molecule has 3 fully saturated rings. The van der Waals surface area contributed by atoms with Crippen molar-refractivity contribution >= 4 is 17.4 Å². The molecule has 0 aromatic carbocycles. The minimum absolute atomic E-state index is 0.0528. The average Bonchev–Trinajstić information content (AvgIpc) is 3.09. The molecule has 0 spiro atoms. The highest BCUT2D eigenvalue weighted by atomic mass is 32.1. The molecule has 1 aliphatic heterocycles. The van der Waals surface area contributed by atoms with Crippen LogP contribution in [-0.2, 0) is 4.74 Å². The second-order valence-electron chi connectivity index (χ2n) is 11.1. The molecule has 0 bridgehead atoms. The van der Waals surface area contributed by atoms with Crippen molar-refractivity contribution in [1.29, 1.82) is 0 Å². The number of rotatable bonds is 5. The Labute approximate surface area is 182 Å². The molecule has 0 radical (unpaired) electrons. The van der Waals surface area contributed by atoms with Crippen molar-refractivity contribution in [3.05, 3.63) is 14.1 Å². The quantitative estimate of drug-likeness (QED) is 0.359. The van der Waals surface area contributed by atoms with Gasteiger partial charge in [0.2, 0.25) is 0 Å². The second-order valence-corrected chi connectivity index (χ2v) is 11.2. The van der Waals surface area contributed by atoms with E-state index in [0.29, 0.717) is 5.92 Å². The number of fused-ring (bicyclic) bond motifs is 1. The van der Waals surface area contributed by atoms with Crippen molar-refractivity contribution in [2.24, 2.45) is 22.7 Å². The minimum Gasteiger partial charge on any atom is -0.472 e. The first-order chi connectivity index (χ1) is 13.5. The lowest BCUT2D eigenvalue weighted by molar-refractivity contribution is -0.688. The van der Waals surface area contributed by atoms with Gasteiger partial charge >= 0.3 is 0 Å². The molecule has 2 saturated carbocycles. The lowest BCUT2D eigenvalue weighted by Gasteiger charge is -2.58. The van der Waals surface area contributed by atoms with Crippen LogP contribution in [0, 0.1) is 31.8 Å². The van der Waals surface area contributed by atoms with Crippen molar-refractivity contribution < 1.29 is 20.5 Å². The van der Waals surface area contributed by atoms with E-state index in [4.69, 9.17) is 17.0 Å². The van der Waals surface area contributed by atoms with Crippen LogP contribution >= 0.6 is 12.2 Å². The number of aliphatic imine (C=N–C) groups is 1. The summed E-state index contributed by atoms with van der Waals surface area (Å²) in [6.45, 7) is 11.0. The van der Waals surface area contributed by atoms with Gasteiger partial charge in [0.25, 0.3) is 0 Å². The van der Waals surface area contributed by atoms with E-state index >= 15 is 0 Å². The van der Waals surface area contributed by atoms with Crippen molar-refractivity contribution in [3.63, 3.8) is 0 Å². The number of quaternary nitrogens is 2. The van der Waals surface area contributed by atoms with E-state index in [1.54, 1.807) is 0 Å². The highest BCUT2D eigenvalue weighted by Crippen LogP contribution is 2.57. The number of hydrogen-bond acceptors (Lipinski definition) is 4. The van der Waals surface area contributed by atoms with Crippen molar-refractivity contribution in [1.82, 2.24) is 0 Å². The third-order valence-corrected chi connectivity index (χ3v) is 9.04. The third kappa shape index (κ3) is 3.86. The summed E-state index contributed by atoms with van der Waals surface area (Å²) in [5.41, 5.74) is -0.811. The molecule has 3 rings (SSSR count). The van der Waals surface area contributed by atoms with Gasteiger partial charge in [-0.2, -0.15) is 14.1 Å². The Morgan fingerprint density at radius 3 is 2.34 bits per heavy atom. The summed E-state index contributed by atoms with van der Waals surface area (Å²) >= 11 is 4.99. The molecule has 3 aliphatic rings. The summed E-state index contributed by atoms with van der Waals surface area (Å²) in [4.78, 5) is 4.63. The molecule has 6 heteroatoms. The maximum absolute atomic E-state index is 11.6. The molecule has 1 heterocycles. The molecular formula is C23H41N3O2S. The van der Waals surface area contributed by atoms with E-state index in [1.165, 1.54) is 0 Å². The Morgan fingerprint density at radius 2 is 1.76 bits per heavy atom. The topological polar surface area (TPSA) is 75.0 Å². The lowest BCUT2D eigenvalue weighted by atomic mass is 9.51. The predicted octanol–water partition coefficient (Wildman–Crippen LogP) is 1.83. The first kappa shape index (κ1) is 23.3. The van der Waals surface area contributed by atoms with Crippen molar-refractivity contribution in [3.8, 4) is 0 Å². The second kappa shape index (κ2) is 7.96. The Morgan fingerprint density at radius 1 is 1.10 bits per heavy atom. The van der Waals surface area contributed by atoms with Crippen LogP contribution in [0.5, 0.6) is 0 Å². The number of nitrogens with zero attached hydrogens (tertiary/aromatic N) is 1. The third-order valence-electron chi connectivity index (χ3n) is 8.95. The van der Waals surface area contributed by atoms with E-state index in [2.05, 4.69) is 58.9 Å². The van der Waals surface area contributed by atoms with Crippen LogP contribution in [-0.4, -0.2) is 44.7 Å². The van der Waals surface area contributed by atoms with Crippen LogP contribution in [0.1, 0.15) is 73.1 Å². The largest absolute Gasteiger partial charge is 0.472 e. The van der Waals surface area contributed by atoms with Gasteiger partial charge in [-0.25, -0.2) is 4.99 Å². The highest BCUT2D eigenvalue weighted by Gasteiger charge is 2.61. The zero-order valence-corrected chi connectivity index (χ0v) is 19.7. The van der Waals surface area contributed by atoms with E-state index in [9.17, 15) is 5.11 Å². The van der Waals surface area contributed by atoms with Gasteiger partial charge in [0, 0.05) is 12.3 Å². The standard InChI is InChI=1S/C23H41N3O2S/c1-20(2,24-6)17-10-13-23(5,28-17)16-9-11-21(3,26-14-29)15-8-12-22(4,25-7)19(27)18(15)16/h15-19,27H,6-13,24-25H2,1-5H3/t15-,16-,17-,18-,19-,21+,22-,23+/m0/s1. The van der Waals surface area contributed by atoms with E-state index < -0.39 is 6.10 Å². The Bertz CT molecular complexity index is 667. The molecule has 5 N–H and O–H groups in total. The number of hydrogen-bond donors (Lipinski definition) is 3. The Balaban J connectivity index is 1.96. The molecule has 166 valence electrons. The summed E-state index contributed by atoms with van der Waals surface area (Å²) in [5, 5.41) is 18.2. The minimum atomic E-state index is -0.449. The smallest absolute Gasteiger partial charge is 0.110 e. The number of aliphatic hydroxyl groups excluding tert-OH is 1. The first-order valence-electron chi connectivity index (χ1n) is 11.2. The molecule has 29 heavy (non-hydrogen) atoms. The van der Waals surface area contributed by atoms with Gasteiger partial charge in [-0.15, -0.1) is 0 Å². The molecule has 0 amide bonds. The Kier molecular flexibility index (Phi) is 6.40. The van der Waals surface area contributed by atoms with Gasteiger partial charge in [0.1, 0.15) is 12.2 Å². The number of isothiocyanates is 1. The van der Waals surface area contributed by atoms with Gasteiger partial charge in [-0.1, -0.05) is 0 Å². The Hall–Kier alpha value is -0.360. The number of aliphatic hydroxyl groups is 1. The normalized spacial score (nSPS) is 48.1. The molecule has 8 atom stereocenters. The molecule has 2 aliphatic carbocycles. The molecule has 1 saturated heterocycles. The fourth-order valence-electron chi connectivity index (χ4n) is 6.49. The number of nitrogens with two attached hydrogens (primary N) is 2. The zero-order valence-electron chi connectivity index (χ0n) is 18.9. The highest BCUT2D eigenvalue weighted by molar-refractivity contribution is 7.78. The van der Waals surface area contributed by atoms with E-state index in [1.807, 2.05) is 10.6 Å². The molecule has 0 aromatic rings. The van der Waals surface area contributed by atoms with Crippen molar-refractivity contribution in [2.75, 3.05) is 0 Å². The predicted molar refractivity (Wildman–Crippen MR) is 118 cm³/mol. The van der Waals surface area contributed by atoms with Crippen LogP contribution in [0.3, 0.4) is 0 Å². The van der Waals surface area contributed by atoms with Gasteiger partial charge < -0.3 is 20.5 Å². The van der Waals surface area contributed by atoms with Gasteiger partial charge in [0.05, 0.1) is 27.4 Å². The SMILES string of the molecule is [CH2-][NH2+]C(C)(C)[C@@H]1CC[C@](C)([C@H]2CC[C@@](C)(N=C=S)[C@H]3CC[C@](C)([NH2+][CH2-])[C@@H](O)[C@@H]32)O1. The number of ether oxygens (including phenoxy) is 1. The summed E-state index contributed by atoms with van der Waals surface area (Å²) in [5.74, 6) is 0.695. The fourth-order valence-corrected chi connectivity index (χ4v) is 6.69. The van der Waals surface area contributed by atoms with Crippen LogP contribution in [0.25, 0.3) is 0 Å². The summed E-state index contributed by atoms with van der Waals surface area (Å²) < 4.78 is 6.80. The summed E-state index contributed by atoms with van der Waals surface area (Å²) in [6, 6.07) is 0. The van der Waals surface area contributed by atoms with E-state index in [-0.39, 0.29) is 40.2 Å². The summed E-state index contributed by atoms with van der Waals surface area (Å²) in [7, 11) is 8.08. The lowest BCUT2D eigenvalue weighted by Crippen LogP contribution is -2.95. The molecule has 0 unspecified atom stereocenters. The average molecular weight is 424 g/mol. The molecular weight excluding hydrogens is 382 g/mol. The van der Waals surface area contributed by atoms with Crippen LogP contribution in [0.2, 0.25) is 0 Å². The first-order valence-corrected chi connectivity index (χ1v) is 11.6. The van der Waals surface area contributed by atoms with Crippen molar-refractivity contribution in [2.45, 2.75) is 108 Å². The van der Waals surface area contributed by atoms with E-state index in [0.717, 1.165) is 38.5 Å². The molecule has 0 aromatic heterocycles. The van der Waals surface area contributed by atoms with Gasteiger partial charge in [-0.3, -0.25) is 0 Å². The van der Waals surface area contributed by atoms with Gasteiger partial charge in [0.15, 0.2) is 0 Å². The zero-order chi connectivity index (χ0) is 21.7. The maximum atomic E-state index is 11.6. The monoisotopic (exact) mass is 423 g/mol. The fraction of sp³-hybridized carbons (Fsp3) is 0.870. The van der Waals surface area contributed by atoms with Crippen LogP contribution in [0.15, 0.2) is 4.99 Å².